The van der Waals surface area contributed by atoms with Crippen LogP contribution >= 0.6 is 12.8 Å². The largest absolute Gasteiger partial charge is 0.327 e. The van der Waals surface area contributed by atoms with E-state index in [9.17, 15) is 10.1 Å². The number of rotatable bonds is 2. The van der Waals surface area contributed by atoms with Crippen molar-refractivity contribution in [1.82, 2.24) is 0 Å². The third kappa shape index (κ3) is 1.68. The fourth-order valence-corrected chi connectivity index (χ4v) is 1.08. The number of nitro groups is 1. The van der Waals surface area contributed by atoms with E-state index < -0.39 is 4.92 Å². The first kappa shape index (κ1) is 8.86. The van der Waals surface area contributed by atoms with Gasteiger partial charge in [-0.15, -0.1) is 0 Å². The van der Waals surface area contributed by atoms with Crippen LogP contribution in [0, 0.1) is 17.0 Å². The van der Waals surface area contributed by atoms with Gasteiger partial charge in [0.15, 0.2) is 0 Å². The third-order valence-corrected chi connectivity index (χ3v) is 1.71. The molecule has 0 aliphatic carbocycles. The molecular weight excluding hydrogens is 176 g/mol. The van der Waals surface area contributed by atoms with E-state index in [1.165, 1.54) is 6.07 Å². The van der Waals surface area contributed by atoms with Crippen molar-refractivity contribution in [3.63, 3.8) is 0 Å². The van der Waals surface area contributed by atoms with E-state index in [0.717, 1.165) is 5.56 Å². The predicted octanol–water partition coefficient (Wildman–Crippen LogP) is 2.16. The van der Waals surface area contributed by atoms with Gasteiger partial charge in [-0.2, -0.15) is 0 Å². The number of anilines is 1. The molecule has 0 unspecified atom stereocenters. The summed E-state index contributed by atoms with van der Waals surface area (Å²) in [6.45, 7) is 1.86. The molecule has 1 aromatic rings. The van der Waals surface area contributed by atoms with E-state index in [2.05, 4.69) is 17.5 Å². The van der Waals surface area contributed by atoms with Gasteiger partial charge < -0.3 is 4.72 Å². The van der Waals surface area contributed by atoms with Crippen LogP contribution < -0.4 is 4.72 Å². The van der Waals surface area contributed by atoms with E-state index in [0.29, 0.717) is 5.69 Å². The maximum absolute atomic E-state index is 10.4. The molecule has 0 spiro atoms. The highest BCUT2D eigenvalue weighted by atomic mass is 32.1. The van der Waals surface area contributed by atoms with Gasteiger partial charge in [0.1, 0.15) is 5.69 Å². The fraction of sp³-hybridized carbons (Fsp3) is 0.143. The van der Waals surface area contributed by atoms with Crippen molar-refractivity contribution in [1.29, 1.82) is 0 Å². The summed E-state index contributed by atoms with van der Waals surface area (Å²) in [7, 11) is 0. The smallest absolute Gasteiger partial charge is 0.293 e. The van der Waals surface area contributed by atoms with Gasteiger partial charge in [-0.05, 0) is 18.6 Å². The van der Waals surface area contributed by atoms with Gasteiger partial charge in [0.05, 0.1) is 4.92 Å². The highest BCUT2D eigenvalue weighted by molar-refractivity contribution is 7.81. The molecule has 0 aliphatic rings. The number of thiol groups is 1. The Balaban J connectivity index is 3.20. The van der Waals surface area contributed by atoms with Crippen LogP contribution in [-0.4, -0.2) is 4.92 Å². The van der Waals surface area contributed by atoms with Crippen molar-refractivity contribution in [3.8, 4) is 0 Å². The van der Waals surface area contributed by atoms with Crippen molar-refractivity contribution in [2.75, 3.05) is 4.72 Å². The first-order valence-electron chi connectivity index (χ1n) is 3.30. The summed E-state index contributed by atoms with van der Waals surface area (Å²) in [4.78, 5) is 9.98. The van der Waals surface area contributed by atoms with Crippen LogP contribution in [0.4, 0.5) is 11.4 Å². The molecule has 5 heteroatoms. The Morgan fingerprint density at radius 3 is 2.75 bits per heavy atom. The van der Waals surface area contributed by atoms with Gasteiger partial charge in [0, 0.05) is 6.07 Å². The van der Waals surface area contributed by atoms with Crippen LogP contribution in [0.2, 0.25) is 0 Å². The number of nitrogens with zero attached hydrogens (tertiary/aromatic N) is 1. The molecule has 0 aromatic heterocycles. The molecule has 1 N–H and O–H groups in total. The zero-order valence-electron chi connectivity index (χ0n) is 6.44. The van der Waals surface area contributed by atoms with Crippen molar-refractivity contribution in [2.24, 2.45) is 0 Å². The van der Waals surface area contributed by atoms with Crippen molar-refractivity contribution in [2.45, 2.75) is 6.92 Å². The zero-order chi connectivity index (χ0) is 9.14. The SMILES string of the molecule is Cc1ccc([N+](=O)[O-])c(NS)c1. The molecule has 64 valence electrons. The molecule has 0 bridgehead atoms. The Hall–Kier alpha value is -1.23. The Morgan fingerprint density at radius 2 is 2.25 bits per heavy atom. The normalized spacial score (nSPS) is 9.50. The molecule has 12 heavy (non-hydrogen) atoms. The predicted molar refractivity (Wildman–Crippen MR) is 50.4 cm³/mol. The molecule has 4 nitrogen and oxygen atoms in total. The number of nitro benzene ring substituents is 1. The highest BCUT2D eigenvalue weighted by Crippen LogP contribution is 2.25. The summed E-state index contributed by atoms with van der Waals surface area (Å²) >= 11 is 3.77. The first-order valence-corrected chi connectivity index (χ1v) is 3.75. The molecule has 0 heterocycles. The Labute approximate surface area is 75.3 Å². The molecule has 0 aliphatic heterocycles. The number of hydrogen-bond donors (Lipinski definition) is 2. The molecular formula is C7H8N2O2S. The topological polar surface area (TPSA) is 55.2 Å². The van der Waals surface area contributed by atoms with Crippen molar-refractivity contribution in [3.05, 3.63) is 33.9 Å². The van der Waals surface area contributed by atoms with Crippen LogP contribution in [0.3, 0.4) is 0 Å². The van der Waals surface area contributed by atoms with Crippen LogP contribution in [0.5, 0.6) is 0 Å². The van der Waals surface area contributed by atoms with Gasteiger partial charge in [-0.1, -0.05) is 18.9 Å². The Kier molecular flexibility index (Phi) is 2.54. The van der Waals surface area contributed by atoms with Crippen LogP contribution in [0.15, 0.2) is 18.2 Å². The van der Waals surface area contributed by atoms with Crippen LogP contribution in [0.1, 0.15) is 5.56 Å². The Bertz CT molecular complexity index is 314. The summed E-state index contributed by atoms with van der Waals surface area (Å²) in [5.41, 5.74) is 1.41. The minimum atomic E-state index is -0.446. The average Bonchev–Trinajstić information content (AvgIpc) is 2.03. The lowest BCUT2D eigenvalue weighted by Gasteiger charge is -2.01. The number of benzene rings is 1. The minimum Gasteiger partial charge on any atom is -0.327 e. The molecule has 0 atom stereocenters. The molecule has 0 amide bonds. The monoisotopic (exact) mass is 184 g/mol. The third-order valence-electron chi connectivity index (χ3n) is 1.47. The highest BCUT2D eigenvalue weighted by Gasteiger charge is 2.11. The summed E-state index contributed by atoms with van der Waals surface area (Å²) in [6, 6.07) is 4.81. The standard InChI is InChI=1S/C7H8N2O2S/c1-5-2-3-7(9(10)11)6(4-5)8-12/h2-4,8,12H,1H3. The van der Waals surface area contributed by atoms with Crippen LogP contribution in [0.25, 0.3) is 0 Å². The first-order chi connectivity index (χ1) is 5.65. The van der Waals surface area contributed by atoms with E-state index >= 15 is 0 Å². The number of aryl methyl sites for hydroxylation is 1. The lowest BCUT2D eigenvalue weighted by molar-refractivity contribution is -0.383. The molecule has 0 saturated heterocycles. The zero-order valence-corrected chi connectivity index (χ0v) is 7.34. The van der Waals surface area contributed by atoms with E-state index in [1.54, 1.807) is 12.1 Å². The van der Waals surface area contributed by atoms with Gasteiger partial charge in [0.25, 0.3) is 5.69 Å². The van der Waals surface area contributed by atoms with Gasteiger partial charge in [-0.25, -0.2) is 0 Å². The molecule has 0 saturated carbocycles. The van der Waals surface area contributed by atoms with E-state index in [4.69, 9.17) is 0 Å². The summed E-state index contributed by atoms with van der Waals surface area (Å²) in [5, 5.41) is 10.4. The molecule has 0 radical (unpaired) electrons. The minimum absolute atomic E-state index is 0.0376. The lowest BCUT2D eigenvalue weighted by atomic mass is 10.2. The molecule has 0 fully saturated rings. The van der Waals surface area contributed by atoms with Crippen LogP contribution in [-0.2, 0) is 0 Å². The van der Waals surface area contributed by atoms with Gasteiger partial charge in [-0.3, -0.25) is 10.1 Å². The summed E-state index contributed by atoms with van der Waals surface area (Å²) in [6.07, 6.45) is 0. The quantitative estimate of drug-likeness (QED) is 0.420. The molecule has 1 rings (SSSR count). The van der Waals surface area contributed by atoms with E-state index in [1.807, 2.05) is 6.92 Å². The average molecular weight is 184 g/mol. The Morgan fingerprint density at radius 1 is 1.58 bits per heavy atom. The fourth-order valence-electron chi connectivity index (χ4n) is 0.899. The van der Waals surface area contributed by atoms with Gasteiger partial charge >= 0.3 is 0 Å². The van der Waals surface area contributed by atoms with Crippen molar-refractivity contribution < 1.29 is 4.92 Å². The maximum atomic E-state index is 10.4. The second-order valence-corrected chi connectivity index (χ2v) is 2.61. The van der Waals surface area contributed by atoms with E-state index in [-0.39, 0.29) is 5.69 Å². The summed E-state index contributed by atoms with van der Waals surface area (Å²) < 4.78 is 2.47. The number of hydrogen-bond acceptors (Lipinski definition) is 4. The lowest BCUT2D eigenvalue weighted by Crippen LogP contribution is -1.93. The second kappa shape index (κ2) is 3.44. The second-order valence-electron chi connectivity index (χ2n) is 2.39. The molecule has 1 aromatic carbocycles. The van der Waals surface area contributed by atoms with Gasteiger partial charge in [0.2, 0.25) is 0 Å². The maximum Gasteiger partial charge on any atom is 0.293 e. The summed E-state index contributed by atoms with van der Waals surface area (Å²) in [5.74, 6) is 0. The van der Waals surface area contributed by atoms with Crippen molar-refractivity contribution >= 4 is 24.2 Å². The number of nitrogens with one attached hydrogen (secondary N) is 1.